The molecule has 6 nitrogen and oxygen atoms in total. The molecule has 0 aromatic carbocycles. The fourth-order valence-electron chi connectivity index (χ4n) is 4.10. The molecule has 3 rings (SSSR count). The Kier molecular flexibility index (Phi) is 4.73. The highest BCUT2D eigenvalue weighted by molar-refractivity contribution is 7.88. The third-order valence-electron chi connectivity index (χ3n) is 5.73. The van der Waals surface area contributed by atoms with Gasteiger partial charge in [0.1, 0.15) is 0 Å². The second-order valence-corrected chi connectivity index (χ2v) is 9.73. The molecule has 23 heavy (non-hydrogen) atoms. The van der Waals surface area contributed by atoms with E-state index in [1.165, 1.54) is 6.26 Å². The number of piperidine rings is 1. The zero-order valence-corrected chi connectivity index (χ0v) is 15.0. The minimum absolute atomic E-state index is 0.136. The van der Waals surface area contributed by atoms with Crippen molar-refractivity contribution in [1.82, 2.24) is 9.21 Å². The van der Waals surface area contributed by atoms with Gasteiger partial charge in [0.2, 0.25) is 15.9 Å². The van der Waals surface area contributed by atoms with Crippen molar-refractivity contribution in [2.24, 2.45) is 17.3 Å². The molecule has 3 fully saturated rings. The van der Waals surface area contributed by atoms with Crippen LogP contribution in [0.25, 0.3) is 0 Å². The first-order valence-corrected chi connectivity index (χ1v) is 10.5. The van der Waals surface area contributed by atoms with Crippen molar-refractivity contribution in [3.8, 4) is 0 Å². The molecule has 7 heteroatoms. The summed E-state index contributed by atoms with van der Waals surface area (Å²) in [5.41, 5.74) is -0.136. The topological polar surface area (TPSA) is 66.9 Å². The number of amides is 1. The van der Waals surface area contributed by atoms with Crippen LogP contribution in [-0.4, -0.2) is 69.2 Å². The Balaban J connectivity index is 1.61. The van der Waals surface area contributed by atoms with E-state index in [-0.39, 0.29) is 11.3 Å². The van der Waals surface area contributed by atoms with E-state index in [0.29, 0.717) is 38.1 Å². The number of hydrogen-bond donors (Lipinski definition) is 0. The van der Waals surface area contributed by atoms with Gasteiger partial charge in [-0.15, -0.1) is 0 Å². The molecule has 1 amide bonds. The number of hydrogen-bond acceptors (Lipinski definition) is 4. The van der Waals surface area contributed by atoms with Crippen LogP contribution in [0.5, 0.6) is 0 Å². The lowest BCUT2D eigenvalue weighted by Gasteiger charge is -2.44. The molecule has 1 aliphatic carbocycles. The first-order chi connectivity index (χ1) is 10.8. The van der Waals surface area contributed by atoms with Gasteiger partial charge in [-0.3, -0.25) is 4.79 Å². The summed E-state index contributed by atoms with van der Waals surface area (Å²) in [6.45, 7) is 5.66. The predicted molar refractivity (Wildman–Crippen MR) is 87.4 cm³/mol. The van der Waals surface area contributed by atoms with Gasteiger partial charge in [0.15, 0.2) is 0 Å². The number of nitrogens with zero attached hydrogens (tertiary/aromatic N) is 2. The van der Waals surface area contributed by atoms with Crippen molar-refractivity contribution < 1.29 is 17.9 Å². The third kappa shape index (κ3) is 3.72. The highest BCUT2D eigenvalue weighted by Gasteiger charge is 2.42. The molecule has 0 radical (unpaired) electrons. The molecule has 0 unspecified atom stereocenters. The molecular formula is C16H28N2O4S. The van der Waals surface area contributed by atoms with Crippen LogP contribution in [0.3, 0.4) is 0 Å². The minimum atomic E-state index is -3.20. The van der Waals surface area contributed by atoms with E-state index in [1.54, 1.807) is 4.31 Å². The quantitative estimate of drug-likeness (QED) is 0.747. The monoisotopic (exact) mass is 344 g/mol. The average Bonchev–Trinajstić information content (AvgIpc) is 2.67. The van der Waals surface area contributed by atoms with Crippen molar-refractivity contribution in [1.29, 1.82) is 0 Å². The maximum atomic E-state index is 12.5. The van der Waals surface area contributed by atoms with Gasteiger partial charge in [-0.2, -0.15) is 4.31 Å². The summed E-state index contributed by atoms with van der Waals surface area (Å²) >= 11 is 0. The summed E-state index contributed by atoms with van der Waals surface area (Å²) in [5.74, 6) is 1.20. The van der Waals surface area contributed by atoms with Crippen molar-refractivity contribution in [2.75, 3.05) is 45.6 Å². The highest BCUT2D eigenvalue weighted by atomic mass is 32.2. The van der Waals surface area contributed by atoms with Crippen LogP contribution in [0, 0.1) is 17.3 Å². The van der Waals surface area contributed by atoms with Crippen molar-refractivity contribution in [3.63, 3.8) is 0 Å². The van der Waals surface area contributed by atoms with Crippen LogP contribution >= 0.6 is 0 Å². The lowest BCUT2D eigenvalue weighted by Crippen LogP contribution is -2.51. The van der Waals surface area contributed by atoms with Gasteiger partial charge in [0.25, 0.3) is 0 Å². The lowest BCUT2D eigenvalue weighted by molar-refractivity contribution is -0.142. The molecular weight excluding hydrogens is 316 g/mol. The first kappa shape index (κ1) is 17.2. The number of carbonyl (C=O) groups excluding carboxylic acids is 1. The fraction of sp³-hybridized carbons (Fsp3) is 0.938. The molecule has 0 aromatic rings. The molecule has 0 N–H and O–H groups in total. The maximum Gasteiger partial charge on any atom is 0.225 e. The average molecular weight is 344 g/mol. The van der Waals surface area contributed by atoms with E-state index in [2.05, 4.69) is 6.92 Å². The maximum absolute atomic E-state index is 12.5. The van der Waals surface area contributed by atoms with Crippen LogP contribution in [0.15, 0.2) is 0 Å². The number of ether oxygens (including phenoxy) is 1. The van der Waals surface area contributed by atoms with Crippen LogP contribution in [-0.2, 0) is 19.6 Å². The molecule has 1 spiro atoms. The minimum Gasteiger partial charge on any atom is -0.379 e. The third-order valence-corrected chi connectivity index (χ3v) is 6.98. The van der Waals surface area contributed by atoms with Gasteiger partial charge in [-0.05, 0) is 31.6 Å². The summed E-state index contributed by atoms with van der Waals surface area (Å²) in [6.07, 6.45) is 4.96. The summed E-state index contributed by atoms with van der Waals surface area (Å²) in [7, 11) is -3.20. The van der Waals surface area contributed by atoms with E-state index in [4.69, 9.17) is 4.74 Å². The second kappa shape index (κ2) is 6.33. The van der Waals surface area contributed by atoms with Crippen molar-refractivity contribution >= 4 is 15.9 Å². The summed E-state index contributed by atoms with van der Waals surface area (Å²) in [6, 6.07) is 0. The first-order valence-electron chi connectivity index (χ1n) is 8.61. The molecule has 2 aliphatic heterocycles. The largest absolute Gasteiger partial charge is 0.379 e. The number of carbonyl (C=O) groups is 1. The fourth-order valence-corrected chi connectivity index (χ4v) is 5.02. The summed E-state index contributed by atoms with van der Waals surface area (Å²) < 4.78 is 31.1. The number of likely N-dealkylation sites (tertiary alicyclic amines) is 1. The Morgan fingerprint density at radius 1 is 1.17 bits per heavy atom. The lowest BCUT2D eigenvalue weighted by atomic mass is 9.74. The van der Waals surface area contributed by atoms with Crippen molar-refractivity contribution in [2.45, 2.75) is 32.6 Å². The van der Waals surface area contributed by atoms with Crippen molar-refractivity contribution in [3.05, 3.63) is 0 Å². The molecule has 0 bridgehead atoms. The Bertz CT molecular complexity index is 548. The highest BCUT2D eigenvalue weighted by Crippen LogP contribution is 2.38. The predicted octanol–water partition coefficient (Wildman–Crippen LogP) is 0.933. The van der Waals surface area contributed by atoms with E-state index in [9.17, 15) is 13.2 Å². The smallest absolute Gasteiger partial charge is 0.225 e. The van der Waals surface area contributed by atoms with E-state index >= 15 is 0 Å². The molecule has 0 aromatic heterocycles. The van der Waals surface area contributed by atoms with Gasteiger partial charge in [0.05, 0.1) is 19.5 Å². The van der Waals surface area contributed by atoms with Gasteiger partial charge in [-0.1, -0.05) is 6.92 Å². The standard InChI is InChI=1S/C16H28N2O4S/c1-13-9-14(10-13)15(19)17-5-3-16(4-6-17)11-18(23(2,20)21)7-8-22-12-16/h13-14H,3-12H2,1-2H3. The normalized spacial score (nSPS) is 32.3. The zero-order chi connectivity index (χ0) is 16.7. The van der Waals surface area contributed by atoms with Gasteiger partial charge < -0.3 is 9.64 Å². The molecule has 2 heterocycles. The van der Waals surface area contributed by atoms with E-state index < -0.39 is 10.0 Å². The van der Waals surface area contributed by atoms with Gasteiger partial charge >= 0.3 is 0 Å². The Hall–Kier alpha value is -0.660. The Morgan fingerprint density at radius 3 is 2.39 bits per heavy atom. The Labute approximate surface area is 139 Å². The zero-order valence-electron chi connectivity index (χ0n) is 14.2. The summed E-state index contributed by atoms with van der Waals surface area (Å²) in [5, 5.41) is 0. The van der Waals surface area contributed by atoms with Crippen LogP contribution in [0.4, 0.5) is 0 Å². The van der Waals surface area contributed by atoms with E-state index in [0.717, 1.165) is 38.8 Å². The Morgan fingerprint density at radius 2 is 1.83 bits per heavy atom. The molecule has 132 valence electrons. The molecule has 2 saturated heterocycles. The number of rotatable bonds is 2. The molecule has 1 saturated carbocycles. The van der Waals surface area contributed by atoms with Gasteiger partial charge in [-0.25, -0.2) is 8.42 Å². The second-order valence-electron chi connectivity index (χ2n) is 7.75. The SMILES string of the molecule is CC1CC(C(=O)N2CCC3(CC2)COCCN(S(C)(=O)=O)C3)C1. The number of sulfonamides is 1. The van der Waals surface area contributed by atoms with Crippen LogP contribution in [0.1, 0.15) is 32.6 Å². The summed E-state index contributed by atoms with van der Waals surface area (Å²) in [4.78, 5) is 14.5. The van der Waals surface area contributed by atoms with E-state index in [1.807, 2.05) is 4.90 Å². The van der Waals surface area contributed by atoms with Crippen LogP contribution in [0.2, 0.25) is 0 Å². The molecule has 3 aliphatic rings. The molecule has 0 atom stereocenters. The van der Waals surface area contributed by atoms with Crippen LogP contribution < -0.4 is 0 Å². The van der Waals surface area contributed by atoms with Gasteiger partial charge in [0, 0.05) is 37.5 Å².